The van der Waals surface area contributed by atoms with Crippen LogP contribution in [0.1, 0.15) is 12.8 Å². The van der Waals surface area contributed by atoms with E-state index in [1.54, 1.807) is 12.1 Å². The monoisotopic (exact) mass is 371 g/mol. The Morgan fingerprint density at radius 2 is 2.10 bits per heavy atom. The van der Waals surface area contributed by atoms with Gasteiger partial charge in [-0.2, -0.15) is 0 Å². The molecule has 0 aromatic heterocycles. The highest BCUT2D eigenvalue weighted by atomic mass is 79.9. The Morgan fingerprint density at radius 1 is 1.38 bits per heavy atom. The summed E-state index contributed by atoms with van der Waals surface area (Å²) in [4.78, 5) is 27.1. The number of rotatable bonds is 5. The van der Waals surface area contributed by atoms with Crippen molar-refractivity contribution in [1.29, 1.82) is 0 Å². The fourth-order valence-corrected chi connectivity index (χ4v) is 3.04. The molecule has 2 rings (SSSR count). The molecule has 21 heavy (non-hydrogen) atoms. The van der Waals surface area contributed by atoms with Crippen molar-refractivity contribution in [3.63, 3.8) is 0 Å². The van der Waals surface area contributed by atoms with E-state index in [0.717, 1.165) is 9.37 Å². The highest BCUT2D eigenvalue weighted by molar-refractivity contribution is 9.10. The van der Waals surface area contributed by atoms with Crippen molar-refractivity contribution in [3.8, 4) is 0 Å². The SMILES string of the molecule is O=C(CCCS(=O)c1ccc(Br)cc1)NC1=NCC(=O)N1. The van der Waals surface area contributed by atoms with Gasteiger partial charge in [0.05, 0.1) is 10.8 Å². The predicted molar refractivity (Wildman–Crippen MR) is 83.2 cm³/mol. The summed E-state index contributed by atoms with van der Waals surface area (Å²) < 4.78 is 12.9. The Labute approximate surface area is 133 Å². The average molecular weight is 372 g/mol. The van der Waals surface area contributed by atoms with Crippen molar-refractivity contribution in [2.24, 2.45) is 4.99 Å². The van der Waals surface area contributed by atoms with Crippen molar-refractivity contribution < 1.29 is 13.8 Å². The van der Waals surface area contributed by atoms with E-state index in [0.29, 0.717) is 12.2 Å². The summed E-state index contributed by atoms with van der Waals surface area (Å²) in [5, 5.41) is 4.93. The van der Waals surface area contributed by atoms with E-state index in [1.165, 1.54) is 0 Å². The number of nitrogens with zero attached hydrogens (tertiary/aromatic N) is 1. The fourth-order valence-electron chi connectivity index (χ4n) is 1.70. The van der Waals surface area contributed by atoms with Gasteiger partial charge in [0, 0.05) is 21.5 Å². The molecule has 0 saturated carbocycles. The molecule has 112 valence electrons. The first-order valence-electron chi connectivity index (χ1n) is 6.33. The topological polar surface area (TPSA) is 87.6 Å². The first kappa shape index (κ1) is 15.8. The van der Waals surface area contributed by atoms with Crippen LogP contribution in [0.5, 0.6) is 0 Å². The Bertz CT molecular complexity index is 601. The molecule has 6 nitrogen and oxygen atoms in total. The third-order valence-electron chi connectivity index (χ3n) is 2.71. The minimum atomic E-state index is -1.12. The van der Waals surface area contributed by atoms with E-state index in [4.69, 9.17) is 0 Å². The first-order valence-corrected chi connectivity index (χ1v) is 8.44. The second kappa shape index (κ2) is 7.46. The zero-order valence-electron chi connectivity index (χ0n) is 11.1. The normalized spacial score (nSPS) is 15.3. The van der Waals surface area contributed by atoms with Crippen molar-refractivity contribution >= 4 is 44.5 Å². The van der Waals surface area contributed by atoms with E-state index in [-0.39, 0.29) is 30.7 Å². The van der Waals surface area contributed by atoms with Crippen molar-refractivity contribution in [3.05, 3.63) is 28.7 Å². The maximum absolute atomic E-state index is 12.0. The van der Waals surface area contributed by atoms with Gasteiger partial charge >= 0.3 is 0 Å². The molecule has 0 bridgehead atoms. The van der Waals surface area contributed by atoms with Gasteiger partial charge in [0.2, 0.25) is 17.8 Å². The van der Waals surface area contributed by atoms with Crippen LogP contribution in [0.15, 0.2) is 38.6 Å². The van der Waals surface area contributed by atoms with Gasteiger partial charge in [-0.15, -0.1) is 0 Å². The van der Waals surface area contributed by atoms with Gasteiger partial charge in [-0.3, -0.25) is 24.4 Å². The van der Waals surface area contributed by atoms with Gasteiger partial charge in [-0.25, -0.2) is 4.99 Å². The zero-order valence-corrected chi connectivity index (χ0v) is 13.5. The number of halogens is 1. The molecule has 1 heterocycles. The fraction of sp³-hybridized carbons (Fsp3) is 0.308. The van der Waals surface area contributed by atoms with Crippen molar-refractivity contribution in [2.75, 3.05) is 12.3 Å². The molecule has 0 radical (unpaired) electrons. The molecule has 2 amide bonds. The van der Waals surface area contributed by atoms with Crippen LogP contribution in [0.2, 0.25) is 0 Å². The lowest BCUT2D eigenvalue weighted by Gasteiger charge is -2.05. The van der Waals surface area contributed by atoms with Gasteiger partial charge in [-0.1, -0.05) is 15.9 Å². The summed E-state index contributed by atoms with van der Waals surface area (Å²) in [6, 6.07) is 7.26. The molecule has 1 aromatic rings. The third kappa shape index (κ3) is 5.05. The van der Waals surface area contributed by atoms with E-state index >= 15 is 0 Å². The molecular weight excluding hydrogens is 358 g/mol. The van der Waals surface area contributed by atoms with Crippen LogP contribution < -0.4 is 10.6 Å². The highest BCUT2D eigenvalue weighted by Gasteiger charge is 2.15. The van der Waals surface area contributed by atoms with Crippen LogP contribution in [0.3, 0.4) is 0 Å². The lowest BCUT2D eigenvalue weighted by atomic mass is 10.3. The largest absolute Gasteiger partial charge is 0.296 e. The molecule has 0 spiro atoms. The van der Waals surface area contributed by atoms with Crippen LogP contribution in [0.25, 0.3) is 0 Å². The molecular formula is C13H14BrN3O3S. The molecule has 0 fully saturated rings. The summed E-state index contributed by atoms with van der Waals surface area (Å²) in [5.41, 5.74) is 0. The second-order valence-corrected chi connectivity index (χ2v) is 6.85. The van der Waals surface area contributed by atoms with Crippen LogP contribution >= 0.6 is 15.9 Å². The van der Waals surface area contributed by atoms with E-state index in [2.05, 4.69) is 31.6 Å². The number of amides is 2. The van der Waals surface area contributed by atoms with E-state index in [1.807, 2.05) is 12.1 Å². The third-order valence-corrected chi connectivity index (χ3v) is 4.69. The summed E-state index contributed by atoms with van der Waals surface area (Å²) in [6.45, 7) is 0.0448. The average Bonchev–Trinajstić information content (AvgIpc) is 2.84. The minimum absolute atomic E-state index is 0.0448. The summed E-state index contributed by atoms with van der Waals surface area (Å²) >= 11 is 3.32. The predicted octanol–water partition coefficient (Wildman–Crippen LogP) is 0.939. The van der Waals surface area contributed by atoms with Crippen LogP contribution in [0.4, 0.5) is 0 Å². The quantitative estimate of drug-likeness (QED) is 0.807. The number of benzene rings is 1. The summed E-state index contributed by atoms with van der Waals surface area (Å²) in [7, 11) is -1.12. The molecule has 1 atom stereocenters. The van der Waals surface area contributed by atoms with E-state index in [9.17, 15) is 13.8 Å². The standard InChI is InChI=1S/C13H14BrN3O3S/c14-9-3-5-10(6-4-9)21(20)7-1-2-11(18)16-13-15-8-12(19)17-13/h3-6H,1-2,7-8H2,(H2,15,16,17,18,19). The van der Waals surface area contributed by atoms with Gasteiger partial charge in [0.1, 0.15) is 6.54 Å². The van der Waals surface area contributed by atoms with Gasteiger partial charge in [0.15, 0.2) is 0 Å². The number of hydrogen-bond donors (Lipinski definition) is 2. The van der Waals surface area contributed by atoms with Gasteiger partial charge in [0.25, 0.3) is 0 Å². The minimum Gasteiger partial charge on any atom is -0.296 e. The molecule has 1 aliphatic heterocycles. The molecule has 0 aliphatic carbocycles. The van der Waals surface area contributed by atoms with Gasteiger partial charge in [-0.05, 0) is 30.7 Å². The van der Waals surface area contributed by atoms with E-state index < -0.39 is 10.8 Å². The lowest BCUT2D eigenvalue weighted by Crippen LogP contribution is -2.39. The van der Waals surface area contributed by atoms with Crippen molar-refractivity contribution in [1.82, 2.24) is 10.6 Å². The molecule has 2 N–H and O–H groups in total. The molecule has 8 heteroatoms. The van der Waals surface area contributed by atoms with Crippen LogP contribution in [-0.2, 0) is 20.4 Å². The molecule has 1 aromatic carbocycles. The number of guanidine groups is 1. The zero-order chi connectivity index (χ0) is 15.2. The Balaban J connectivity index is 1.71. The molecule has 0 saturated heterocycles. The first-order chi connectivity index (χ1) is 10.0. The Hall–Kier alpha value is -1.54. The summed E-state index contributed by atoms with van der Waals surface area (Å²) in [6.07, 6.45) is 0.729. The number of aliphatic imine (C=N–C) groups is 1. The lowest BCUT2D eigenvalue weighted by molar-refractivity contribution is -0.119. The Kier molecular flexibility index (Phi) is 5.63. The number of nitrogens with one attached hydrogen (secondary N) is 2. The smallest absolute Gasteiger partial charge is 0.248 e. The maximum Gasteiger partial charge on any atom is 0.248 e. The second-order valence-electron chi connectivity index (χ2n) is 4.37. The highest BCUT2D eigenvalue weighted by Crippen LogP contribution is 2.14. The van der Waals surface area contributed by atoms with Crippen LogP contribution in [-0.4, -0.2) is 34.3 Å². The van der Waals surface area contributed by atoms with Crippen LogP contribution in [0, 0.1) is 0 Å². The maximum atomic E-state index is 12.0. The molecule has 1 aliphatic rings. The number of carbonyl (C=O) groups excluding carboxylic acids is 2. The Morgan fingerprint density at radius 3 is 2.71 bits per heavy atom. The van der Waals surface area contributed by atoms with Crippen molar-refractivity contribution in [2.45, 2.75) is 17.7 Å². The summed E-state index contributed by atoms with van der Waals surface area (Å²) in [5.74, 6) is 0.123. The number of carbonyl (C=O) groups is 2. The molecule has 1 unspecified atom stereocenters. The van der Waals surface area contributed by atoms with Gasteiger partial charge < -0.3 is 0 Å². The number of hydrogen-bond acceptors (Lipinski definition) is 4.